The molecule has 0 aliphatic heterocycles. The largest absolute Gasteiger partial charge is 0.489 e. The Morgan fingerprint density at radius 3 is 1.48 bits per heavy atom. The lowest BCUT2D eigenvalue weighted by molar-refractivity contribution is 0.306. The molecule has 0 saturated carbocycles. The summed E-state index contributed by atoms with van der Waals surface area (Å²) >= 11 is 0. The third-order valence-corrected chi connectivity index (χ3v) is 5.49. The number of benzene rings is 4. The normalized spacial score (nSPS) is 11.0. The van der Waals surface area contributed by atoms with Crippen molar-refractivity contribution in [2.75, 3.05) is 0 Å². The quantitative estimate of drug-likeness (QED) is 0.251. The summed E-state index contributed by atoms with van der Waals surface area (Å²) in [5.41, 5.74) is 6.27. The Hall–Kier alpha value is -4.13. The molecule has 3 radical (unpaired) electrons. The van der Waals surface area contributed by atoms with E-state index in [4.69, 9.17) is 10.00 Å². The van der Waals surface area contributed by atoms with E-state index in [-0.39, 0.29) is 0 Å². The molecule has 0 atom stereocenters. The van der Waals surface area contributed by atoms with Crippen molar-refractivity contribution >= 4 is 39.7 Å². The molecular formula is C30H22NOSi. The monoisotopic (exact) mass is 440 g/mol. The van der Waals surface area contributed by atoms with E-state index in [0.717, 1.165) is 38.8 Å². The van der Waals surface area contributed by atoms with E-state index in [2.05, 4.69) is 70.9 Å². The first-order valence-corrected chi connectivity index (χ1v) is 11.2. The third kappa shape index (κ3) is 6.67. The molecule has 0 aliphatic rings. The molecule has 0 heterocycles. The zero-order chi connectivity index (χ0) is 22.9. The minimum Gasteiger partial charge on any atom is -0.489 e. The van der Waals surface area contributed by atoms with Crippen LogP contribution in [0.2, 0.25) is 0 Å². The van der Waals surface area contributed by atoms with Crippen LogP contribution in [0.1, 0.15) is 33.4 Å². The zero-order valence-corrected chi connectivity index (χ0v) is 19.1. The Balaban J connectivity index is 1.31. The summed E-state index contributed by atoms with van der Waals surface area (Å²) < 4.78 is 5.87. The van der Waals surface area contributed by atoms with Crippen LogP contribution in [-0.4, -0.2) is 10.2 Å². The molecule has 4 rings (SSSR count). The van der Waals surface area contributed by atoms with Gasteiger partial charge in [-0.05, 0) is 52.1 Å². The van der Waals surface area contributed by atoms with E-state index in [1.54, 1.807) is 0 Å². The molecule has 2 nitrogen and oxygen atoms in total. The van der Waals surface area contributed by atoms with Gasteiger partial charge in [-0.2, -0.15) is 5.26 Å². The minimum absolute atomic E-state index is 0.549. The first-order valence-electron chi connectivity index (χ1n) is 10.7. The highest BCUT2D eigenvalue weighted by Crippen LogP contribution is 2.17. The smallest absolute Gasteiger partial charge is 0.119 e. The molecule has 3 heteroatoms. The van der Waals surface area contributed by atoms with Gasteiger partial charge < -0.3 is 4.74 Å². The van der Waals surface area contributed by atoms with Crippen molar-refractivity contribution in [2.45, 2.75) is 6.61 Å². The maximum absolute atomic E-state index is 8.88. The summed E-state index contributed by atoms with van der Waals surface area (Å²) in [5.74, 6) is 0.855. The van der Waals surface area contributed by atoms with Crippen molar-refractivity contribution in [1.82, 2.24) is 0 Å². The topological polar surface area (TPSA) is 33.0 Å². The number of rotatable bonds is 7. The van der Waals surface area contributed by atoms with Gasteiger partial charge in [0, 0.05) is 0 Å². The van der Waals surface area contributed by atoms with Gasteiger partial charge in [0.2, 0.25) is 0 Å². The summed E-state index contributed by atoms with van der Waals surface area (Å²) in [6, 6.07) is 34.3. The summed E-state index contributed by atoms with van der Waals surface area (Å²) in [5, 5.41) is 9.94. The van der Waals surface area contributed by atoms with Crippen molar-refractivity contribution < 1.29 is 4.74 Å². The fraction of sp³-hybridized carbons (Fsp3) is 0.0333. The molecule has 0 unspecified atom stereocenters. The Morgan fingerprint density at radius 1 is 0.606 bits per heavy atom. The Labute approximate surface area is 198 Å². The van der Waals surface area contributed by atoms with Gasteiger partial charge in [-0.3, -0.25) is 0 Å². The van der Waals surface area contributed by atoms with Crippen molar-refractivity contribution in [2.24, 2.45) is 0 Å². The molecule has 4 aromatic carbocycles. The standard InChI is InChI=1S/C30H22NOSi/c31-21-27-11-9-25(10-12-27)6-5-23-1-3-24(4-2-23)7-8-26-13-17-29(18-14-26)32-22-28-15-19-30(33)20-16-28/h1-20H,22H2/b6-5+,8-7+. The molecule has 0 aromatic heterocycles. The Kier molecular flexibility index (Phi) is 7.32. The molecule has 0 fully saturated rings. The Bertz CT molecular complexity index is 1280. The van der Waals surface area contributed by atoms with Crippen LogP contribution in [0.15, 0.2) is 97.1 Å². The average molecular weight is 441 g/mol. The number of hydrogen-bond donors (Lipinski definition) is 0. The van der Waals surface area contributed by atoms with Crippen LogP contribution >= 0.6 is 0 Å². The molecular weight excluding hydrogens is 418 g/mol. The minimum atomic E-state index is 0.549. The fourth-order valence-electron chi connectivity index (χ4n) is 3.21. The van der Waals surface area contributed by atoms with Gasteiger partial charge in [-0.25, -0.2) is 0 Å². The van der Waals surface area contributed by atoms with Gasteiger partial charge in [-0.15, -0.1) is 0 Å². The second-order valence-electron chi connectivity index (χ2n) is 7.62. The van der Waals surface area contributed by atoms with Crippen molar-refractivity contribution in [3.05, 3.63) is 130 Å². The number of ether oxygens (including phenoxy) is 1. The molecule has 0 amide bonds. The lowest BCUT2D eigenvalue weighted by Crippen LogP contribution is -2.02. The van der Waals surface area contributed by atoms with Crippen LogP contribution in [0.25, 0.3) is 24.3 Å². The summed E-state index contributed by atoms with van der Waals surface area (Å²) in [7, 11) is 3.50. The number of nitriles is 1. The Morgan fingerprint density at radius 2 is 1.03 bits per heavy atom. The highest BCUT2D eigenvalue weighted by Gasteiger charge is 1.97. The van der Waals surface area contributed by atoms with Gasteiger partial charge in [0.1, 0.15) is 12.4 Å². The second kappa shape index (κ2) is 10.9. The lowest BCUT2D eigenvalue weighted by atomic mass is 10.1. The highest BCUT2D eigenvalue weighted by atomic mass is 28.1. The molecule has 0 aliphatic carbocycles. The van der Waals surface area contributed by atoms with Gasteiger partial charge in [0.25, 0.3) is 0 Å². The maximum atomic E-state index is 8.88. The fourth-order valence-corrected chi connectivity index (χ4v) is 3.38. The van der Waals surface area contributed by atoms with Crippen molar-refractivity contribution in [3.63, 3.8) is 0 Å². The summed E-state index contributed by atoms with van der Waals surface area (Å²) in [4.78, 5) is 0. The first-order chi connectivity index (χ1) is 16.2. The lowest BCUT2D eigenvalue weighted by Gasteiger charge is -2.07. The van der Waals surface area contributed by atoms with E-state index in [0.29, 0.717) is 12.2 Å². The van der Waals surface area contributed by atoms with Gasteiger partial charge in [0.05, 0.1) is 21.9 Å². The van der Waals surface area contributed by atoms with Crippen molar-refractivity contribution in [3.8, 4) is 11.8 Å². The summed E-state index contributed by atoms with van der Waals surface area (Å²) in [6.45, 7) is 0.549. The van der Waals surface area contributed by atoms with Gasteiger partial charge >= 0.3 is 0 Å². The van der Waals surface area contributed by atoms with E-state index in [1.807, 2.05) is 66.7 Å². The average Bonchev–Trinajstić information content (AvgIpc) is 2.87. The number of hydrogen-bond acceptors (Lipinski definition) is 2. The van der Waals surface area contributed by atoms with E-state index < -0.39 is 0 Å². The van der Waals surface area contributed by atoms with Crippen LogP contribution in [0.5, 0.6) is 5.75 Å². The van der Waals surface area contributed by atoms with Crippen LogP contribution in [0.3, 0.4) is 0 Å². The molecule has 0 spiro atoms. The van der Waals surface area contributed by atoms with Crippen LogP contribution in [0, 0.1) is 11.3 Å². The van der Waals surface area contributed by atoms with Crippen LogP contribution < -0.4 is 9.92 Å². The second-order valence-corrected chi connectivity index (χ2v) is 8.20. The van der Waals surface area contributed by atoms with Gasteiger partial charge in [-0.1, -0.05) is 102 Å². The predicted octanol–water partition coefficient (Wildman–Crippen LogP) is 6.27. The molecule has 0 bridgehead atoms. The van der Waals surface area contributed by atoms with Gasteiger partial charge in [0.15, 0.2) is 0 Å². The molecule has 0 N–H and O–H groups in total. The maximum Gasteiger partial charge on any atom is 0.119 e. The van der Waals surface area contributed by atoms with E-state index >= 15 is 0 Å². The molecule has 157 valence electrons. The predicted molar refractivity (Wildman–Crippen MR) is 138 cm³/mol. The van der Waals surface area contributed by atoms with E-state index in [1.165, 1.54) is 0 Å². The number of nitrogens with zero attached hydrogens (tertiary/aromatic N) is 1. The molecule has 4 aromatic rings. The highest BCUT2D eigenvalue weighted by molar-refractivity contribution is 6.32. The SMILES string of the molecule is N#Cc1ccc(/C=C/c2ccc(/C=C/c3ccc(OCc4ccc([Si])cc4)cc3)cc2)cc1. The zero-order valence-electron chi connectivity index (χ0n) is 18.1. The van der Waals surface area contributed by atoms with Crippen molar-refractivity contribution in [1.29, 1.82) is 5.26 Å². The molecule has 0 saturated heterocycles. The third-order valence-electron chi connectivity index (χ3n) is 5.15. The van der Waals surface area contributed by atoms with Crippen LogP contribution in [-0.2, 0) is 6.61 Å². The van der Waals surface area contributed by atoms with Crippen LogP contribution in [0.4, 0.5) is 0 Å². The first kappa shape index (κ1) is 22.1. The van der Waals surface area contributed by atoms with E-state index in [9.17, 15) is 0 Å². The summed E-state index contributed by atoms with van der Waals surface area (Å²) in [6.07, 6.45) is 8.32. The molecule has 33 heavy (non-hydrogen) atoms.